The van der Waals surface area contributed by atoms with E-state index in [9.17, 15) is 0 Å². The van der Waals surface area contributed by atoms with Gasteiger partial charge < -0.3 is 19.3 Å². The van der Waals surface area contributed by atoms with Gasteiger partial charge in [-0.15, -0.1) is 0 Å². The quantitative estimate of drug-likeness (QED) is 0.818. The van der Waals surface area contributed by atoms with Gasteiger partial charge in [0, 0.05) is 24.5 Å². The van der Waals surface area contributed by atoms with E-state index in [0.29, 0.717) is 0 Å². The summed E-state index contributed by atoms with van der Waals surface area (Å²) in [6.07, 6.45) is 7.08. The molecule has 0 unspecified atom stereocenters. The fourth-order valence-electron chi connectivity index (χ4n) is 4.29. The van der Waals surface area contributed by atoms with Crippen LogP contribution in [0.5, 0.6) is 11.5 Å². The van der Waals surface area contributed by atoms with Gasteiger partial charge >= 0.3 is 0 Å². The van der Waals surface area contributed by atoms with Gasteiger partial charge in [0.05, 0.1) is 46.4 Å². The molecule has 0 amide bonds. The lowest BCUT2D eigenvalue weighted by atomic mass is 9.99. The molecular formula is C19H32N2O2+2. The molecule has 0 atom stereocenters. The van der Waals surface area contributed by atoms with Crippen LogP contribution >= 0.6 is 0 Å². The maximum Gasteiger partial charge on any atom is 0.131 e. The topological polar surface area (TPSA) is 27.3 Å². The fraction of sp³-hybridized carbons (Fsp3) is 0.684. The second-order valence-corrected chi connectivity index (χ2v) is 7.10. The summed E-state index contributed by atoms with van der Waals surface area (Å²) in [7, 11) is 3.45. The van der Waals surface area contributed by atoms with Crippen molar-refractivity contribution in [2.24, 2.45) is 0 Å². The third-order valence-corrected chi connectivity index (χ3v) is 5.70. The highest BCUT2D eigenvalue weighted by atomic mass is 16.5. The Morgan fingerprint density at radius 3 is 2.35 bits per heavy atom. The number of piperidine rings is 2. The van der Waals surface area contributed by atoms with E-state index < -0.39 is 0 Å². The van der Waals surface area contributed by atoms with Gasteiger partial charge in [-0.1, -0.05) is 0 Å². The number of hydrogen-bond acceptors (Lipinski definition) is 2. The molecule has 2 N–H and O–H groups in total. The van der Waals surface area contributed by atoms with E-state index >= 15 is 0 Å². The Morgan fingerprint density at radius 2 is 1.70 bits per heavy atom. The highest BCUT2D eigenvalue weighted by Gasteiger charge is 2.30. The van der Waals surface area contributed by atoms with Crippen molar-refractivity contribution in [3.05, 3.63) is 23.8 Å². The van der Waals surface area contributed by atoms with Gasteiger partial charge in [0.15, 0.2) is 0 Å². The SMILES string of the molecule is COc1ccc(C[NH+]2CCC([NH+]3CCCCC3)CC2)c(OC)c1. The normalized spacial score (nSPS) is 26.0. The van der Waals surface area contributed by atoms with E-state index in [1.54, 1.807) is 19.1 Å². The predicted molar refractivity (Wildman–Crippen MR) is 91.5 cm³/mol. The molecular weight excluding hydrogens is 288 g/mol. The zero-order chi connectivity index (χ0) is 16.1. The lowest BCUT2D eigenvalue weighted by Crippen LogP contribution is -3.20. The van der Waals surface area contributed by atoms with Crippen LogP contribution in [-0.4, -0.2) is 46.4 Å². The molecule has 2 aliphatic rings. The van der Waals surface area contributed by atoms with Crippen molar-refractivity contribution in [2.75, 3.05) is 40.4 Å². The summed E-state index contributed by atoms with van der Waals surface area (Å²) >= 11 is 0. The van der Waals surface area contributed by atoms with Crippen LogP contribution in [0.4, 0.5) is 0 Å². The van der Waals surface area contributed by atoms with Crippen molar-refractivity contribution in [1.29, 1.82) is 0 Å². The lowest BCUT2D eigenvalue weighted by Gasteiger charge is -2.36. The van der Waals surface area contributed by atoms with Gasteiger partial charge in [-0.25, -0.2) is 0 Å². The molecule has 2 aliphatic heterocycles. The fourth-order valence-corrected chi connectivity index (χ4v) is 4.29. The second-order valence-electron chi connectivity index (χ2n) is 7.10. The van der Waals surface area contributed by atoms with Crippen molar-refractivity contribution < 1.29 is 19.3 Å². The van der Waals surface area contributed by atoms with E-state index in [-0.39, 0.29) is 0 Å². The van der Waals surface area contributed by atoms with E-state index in [2.05, 4.69) is 6.07 Å². The standard InChI is InChI=1S/C19H30N2O2/c1-22-18-7-6-16(19(14-18)23-2)15-20-12-8-17(9-13-20)21-10-4-3-5-11-21/h6-7,14,17H,3-5,8-13,15H2,1-2H3/p+2. The maximum absolute atomic E-state index is 5.55. The van der Waals surface area contributed by atoms with E-state index in [1.165, 1.54) is 63.8 Å². The van der Waals surface area contributed by atoms with Crippen molar-refractivity contribution >= 4 is 0 Å². The molecule has 2 heterocycles. The van der Waals surface area contributed by atoms with E-state index in [4.69, 9.17) is 9.47 Å². The van der Waals surface area contributed by atoms with Crippen molar-refractivity contribution in [3.8, 4) is 11.5 Å². The first-order valence-electron chi connectivity index (χ1n) is 9.19. The van der Waals surface area contributed by atoms with E-state index in [0.717, 1.165) is 24.1 Å². The number of hydrogen-bond donors (Lipinski definition) is 2. The maximum atomic E-state index is 5.55. The summed E-state index contributed by atoms with van der Waals surface area (Å²) in [6.45, 7) is 6.47. The number of quaternary nitrogens is 2. The Bertz CT molecular complexity index is 492. The highest BCUT2D eigenvalue weighted by molar-refractivity contribution is 5.40. The molecule has 2 fully saturated rings. The van der Waals surface area contributed by atoms with Gasteiger partial charge in [-0.05, 0) is 31.4 Å². The Labute approximate surface area is 140 Å². The van der Waals surface area contributed by atoms with Gasteiger partial charge in [-0.2, -0.15) is 0 Å². The third kappa shape index (κ3) is 4.18. The first-order valence-corrected chi connectivity index (χ1v) is 9.19. The minimum absolute atomic E-state index is 0.869. The Kier molecular flexibility index (Phi) is 5.79. The average Bonchev–Trinajstić information content (AvgIpc) is 2.63. The van der Waals surface area contributed by atoms with Crippen LogP contribution in [-0.2, 0) is 6.54 Å². The number of ether oxygens (including phenoxy) is 2. The van der Waals surface area contributed by atoms with Crippen molar-refractivity contribution in [1.82, 2.24) is 0 Å². The largest absolute Gasteiger partial charge is 0.497 e. The minimum Gasteiger partial charge on any atom is -0.497 e. The molecule has 0 spiro atoms. The Balaban J connectivity index is 1.54. The number of benzene rings is 1. The molecule has 0 bridgehead atoms. The van der Waals surface area contributed by atoms with Crippen LogP contribution in [0.1, 0.15) is 37.7 Å². The first kappa shape index (κ1) is 16.6. The molecule has 1 aromatic carbocycles. The van der Waals surface area contributed by atoms with Crippen LogP contribution in [0.15, 0.2) is 18.2 Å². The molecule has 2 saturated heterocycles. The molecule has 128 valence electrons. The van der Waals surface area contributed by atoms with Gasteiger partial charge in [0.25, 0.3) is 0 Å². The average molecular weight is 320 g/mol. The monoisotopic (exact) mass is 320 g/mol. The summed E-state index contributed by atoms with van der Waals surface area (Å²) in [5.74, 6) is 1.83. The lowest BCUT2D eigenvalue weighted by molar-refractivity contribution is -0.965. The number of methoxy groups -OCH3 is 2. The third-order valence-electron chi connectivity index (χ3n) is 5.70. The molecule has 0 saturated carbocycles. The van der Waals surface area contributed by atoms with Crippen LogP contribution in [0.2, 0.25) is 0 Å². The molecule has 1 aromatic rings. The van der Waals surface area contributed by atoms with Crippen molar-refractivity contribution in [2.45, 2.75) is 44.7 Å². The first-order chi connectivity index (χ1) is 11.3. The highest BCUT2D eigenvalue weighted by Crippen LogP contribution is 2.23. The summed E-state index contributed by atoms with van der Waals surface area (Å²) < 4.78 is 10.8. The van der Waals surface area contributed by atoms with Crippen LogP contribution < -0.4 is 19.3 Å². The molecule has 0 radical (unpaired) electrons. The molecule has 4 nitrogen and oxygen atoms in total. The molecule has 0 aliphatic carbocycles. The van der Waals surface area contributed by atoms with Crippen molar-refractivity contribution in [3.63, 3.8) is 0 Å². The predicted octanol–water partition coefficient (Wildman–Crippen LogP) is 0.320. The zero-order valence-electron chi connectivity index (χ0n) is 14.7. The van der Waals surface area contributed by atoms with Crippen LogP contribution in [0.3, 0.4) is 0 Å². The minimum atomic E-state index is 0.869. The Hall–Kier alpha value is -1.26. The van der Waals surface area contributed by atoms with E-state index in [1.807, 2.05) is 17.0 Å². The van der Waals surface area contributed by atoms with Gasteiger partial charge in [0.1, 0.15) is 18.0 Å². The van der Waals surface area contributed by atoms with Crippen LogP contribution in [0.25, 0.3) is 0 Å². The summed E-state index contributed by atoms with van der Waals surface area (Å²) in [5, 5.41) is 0. The molecule has 3 rings (SSSR count). The van der Waals surface area contributed by atoms with Gasteiger partial charge in [-0.3, -0.25) is 0 Å². The number of rotatable bonds is 5. The van der Waals surface area contributed by atoms with Gasteiger partial charge in [0.2, 0.25) is 0 Å². The second kappa shape index (κ2) is 8.02. The Morgan fingerprint density at radius 1 is 0.957 bits per heavy atom. The van der Waals surface area contributed by atoms with Crippen LogP contribution in [0, 0.1) is 0 Å². The molecule has 4 heteroatoms. The summed E-state index contributed by atoms with van der Waals surface area (Å²) in [5.41, 5.74) is 1.30. The summed E-state index contributed by atoms with van der Waals surface area (Å²) in [4.78, 5) is 3.58. The molecule has 0 aromatic heterocycles. The number of nitrogens with one attached hydrogen (secondary N) is 2. The zero-order valence-corrected chi connectivity index (χ0v) is 14.7. The summed E-state index contributed by atoms with van der Waals surface area (Å²) in [6, 6.07) is 7.12. The molecule has 23 heavy (non-hydrogen) atoms. The number of likely N-dealkylation sites (tertiary alicyclic amines) is 2. The smallest absolute Gasteiger partial charge is 0.131 e.